The predicted molar refractivity (Wildman–Crippen MR) is 197 cm³/mol. The van der Waals surface area contributed by atoms with Crippen LogP contribution in [0.5, 0.6) is 5.75 Å². The SMILES string of the molecule is CC(C)C[C@H](N)C(=O)N[C@H](C(=O)N[C@@H](Cc1ccc(O)cc1)C(=O)N1CCC[C@H]1C(=O)N[C@@H](Cc1ccccc1)C(=O)N1CCC[C@H]1C(=O)O)C(C)C. The van der Waals surface area contributed by atoms with Gasteiger partial charge in [-0.3, -0.25) is 24.0 Å². The lowest BCUT2D eigenvalue weighted by Crippen LogP contribution is -2.60. The van der Waals surface area contributed by atoms with E-state index >= 15 is 0 Å². The van der Waals surface area contributed by atoms with Crippen LogP contribution >= 0.6 is 0 Å². The van der Waals surface area contributed by atoms with Crippen LogP contribution in [-0.4, -0.2) is 105 Å². The van der Waals surface area contributed by atoms with Gasteiger partial charge in [-0.25, -0.2) is 4.79 Å². The molecule has 2 aromatic rings. The molecule has 2 saturated heterocycles. The summed E-state index contributed by atoms with van der Waals surface area (Å²) in [6, 6.07) is 9.28. The van der Waals surface area contributed by atoms with Gasteiger partial charge in [-0.1, -0.05) is 70.2 Å². The Morgan fingerprint density at radius 3 is 1.81 bits per heavy atom. The van der Waals surface area contributed by atoms with E-state index in [0.717, 1.165) is 5.56 Å². The predicted octanol–water partition coefficient (Wildman–Crippen LogP) is 1.73. The number of carboxylic acid groups (broad SMARTS) is 1. The van der Waals surface area contributed by atoms with E-state index < -0.39 is 71.8 Å². The average Bonchev–Trinajstić information content (AvgIpc) is 3.81. The number of nitrogens with one attached hydrogen (secondary N) is 3. The fourth-order valence-electron chi connectivity index (χ4n) is 7.05. The van der Waals surface area contributed by atoms with E-state index in [1.54, 1.807) is 26.0 Å². The van der Waals surface area contributed by atoms with E-state index in [9.17, 15) is 39.0 Å². The minimum atomic E-state index is -1.15. The molecule has 14 nitrogen and oxygen atoms in total. The van der Waals surface area contributed by atoms with Crippen LogP contribution in [0.1, 0.15) is 70.9 Å². The van der Waals surface area contributed by atoms with Gasteiger partial charge in [-0.15, -0.1) is 0 Å². The molecule has 0 saturated carbocycles. The average molecular weight is 735 g/mol. The summed E-state index contributed by atoms with van der Waals surface area (Å²) in [5, 5.41) is 28.0. The summed E-state index contributed by atoms with van der Waals surface area (Å²) in [7, 11) is 0. The van der Waals surface area contributed by atoms with E-state index in [1.807, 2.05) is 44.2 Å². The van der Waals surface area contributed by atoms with Crippen molar-refractivity contribution in [1.29, 1.82) is 0 Å². The van der Waals surface area contributed by atoms with Crippen LogP contribution in [0.3, 0.4) is 0 Å². The molecule has 5 amide bonds. The van der Waals surface area contributed by atoms with Crippen molar-refractivity contribution in [2.75, 3.05) is 13.1 Å². The Hall–Kier alpha value is -4.98. The van der Waals surface area contributed by atoms with E-state index in [4.69, 9.17) is 5.73 Å². The Morgan fingerprint density at radius 1 is 0.736 bits per heavy atom. The summed E-state index contributed by atoms with van der Waals surface area (Å²) in [5.41, 5.74) is 7.50. The third-order valence-electron chi connectivity index (χ3n) is 9.86. The number of phenols is 1. The summed E-state index contributed by atoms with van der Waals surface area (Å²) in [5.74, 6) is -3.92. The Balaban J connectivity index is 1.57. The lowest BCUT2D eigenvalue weighted by Gasteiger charge is -2.32. The van der Waals surface area contributed by atoms with Crippen LogP contribution in [0, 0.1) is 11.8 Å². The number of nitrogens with two attached hydrogens (primary N) is 1. The fraction of sp³-hybridized carbons (Fsp3) is 0.538. The largest absolute Gasteiger partial charge is 0.508 e. The van der Waals surface area contributed by atoms with Gasteiger partial charge in [0.15, 0.2) is 0 Å². The molecule has 0 spiro atoms. The van der Waals surface area contributed by atoms with Crippen molar-refractivity contribution in [3.05, 3.63) is 65.7 Å². The topological polar surface area (TPSA) is 211 Å². The maximum atomic E-state index is 14.4. The molecule has 0 bridgehead atoms. The zero-order valence-electron chi connectivity index (χ0n) is 31.0. The van der Waals surface area contributed by atoms with Crippen molar-refractivity contribution in [1.82, 2.24) is 25.8 Å². The first kappa shape index (κ1) is 40.8. The first-order chi connectivity index (χ1) is 25.2. The van der Waals surface area contributed by atoms with Gasteiger partial charge in [0.2, 0.25) is 29.5 Å². The Morgan fingerprint density at radius 2 is 1.26 bits per heavy atom. The lowest BCUT2D eigenvalue weighted by atomic mass is 9.99. The number of benzene rings is 2. The van der Waals surface area contributed by atoms with Gasteiger partial charge in [0, 0.05) is 25.9 Å². The minimum Gasteiger partial charge on any atom is -0.508 e. The highest BCUT2D eigenvalue weighted by Crippen LogP contribution is 2.23. The number of nitrogens with zero attached hydrogens (tertiary/aromatic N) is 2. The van der Waals surface area contributed by atoms with Gasteiger partial charge in [0.1, 0.15) is 36.0 Å². The molecular weight excluding hydrogens is 680 g/mol. The number of aliphatic carboxylic acids is 1. The van der Waals surface area contributed by atoms with Gasteiger partial charge in [-0.2, -0.15) is 0 Å². The van der Waals surface area contributed by atoms with Crippen LogP contribution in [0.15, 0.2) is 54.6 Å². The van der Waals surface area contributed by atoms with Gasteiger partial charge >= 0.3 is 5.97 Å². The highest BCUT2D eigenvalue weighted by Gasteiger charge is 2.42. The number of carbonyl (C=O) groups excluding carboxylic acids is 5. The van der Waals surface area contributed by atoms with Crippen LogP contribution in [0.4, 0.5) is 0 Å². The number of aromatic hydroxyl groups is 1. The van der Waals surface area contributed by atoms with E-state index in [1.165, 1.54) is 21.9 Å². The second kappa shape index (κ2) is 18.7. The molecule has 0 aromatic heterocycles. The van der Waals surface area contributed by atoms with Gasteiger partial charge in [0.05, 0.1) is 6.04 Å². The Bertz CT molecular complexity index is 1600. The second-order valence-corrected chi connectivity index (χ2v) is 14.9. The van der Waals surface area contributed by atoms with Gasteiger partial charge in [-0.05, 0) is 67.2 Å². The number of carboxylic acids is 1. The van der Waals surface area contributed by atoms with Crippen LogP contribution in [0.25, 0.3) is 0 Å². The first-order valence-corrected chi connectivity index (χ1v) is 18.5. The van der Waals surface area contributed by atoms with Crippen molar-refractivity contribution >= 4 is 35.5 Å². The number of hydrogen-bond acceptors (Lipinski definition) is 8. The second-order valence-electron chi connectivity index (χ2n) is 14.9. The maximum Gasteiger partial charge on any atom is 0.326 e. The lowest BCUT2D eigenvalue weighted by molar-refractivity contribution is -0.149. The van der Waals surface area contributed by atoms with E-state index in [2.05, 4.69) is 16.0 Å². The maximum absolute atomic E-state index is 14.4. The minimum absolute atomic E-state index is 0.0282. The smallest absolute Gasteiger partial charge is 0.326 e. The highest BCUT2D eigenvalue weighted by molar-refractivity contribution is 5.97. The molecular formula is C39H54N6O8. The summed E-state index contributed by atoms with van der Waals surface area (Å²) >= 11 is 0. The van der Waals surface area contributed by atoms with Gasteiger partial charge < -0.3 is 41.7 Å². The number of likely N-dealkylation sites (tertiary alicyclic amines) is 2. The molecule has 288 valence electrons. The Kier molecular flexibility index (Phi) is 14.4. The first-order valence-electron chi connectivity index (χ1n) is 18.5. The number of phenolic OH excluding ortho intramolecular Hbond substituents is 1. The standard InChI is InChI=1S/C39H54N6O8/c1-23(2)20-28(40)34(47)43-33(24(3)4)36(49)42-30(22-26-14-16-27(46)17-15-26)37(50)44-18-8-12-31(44)35(48)41-29(21-25-10-6-5-7-11-25)38(51)45-19-9-13-32(45)39(52)53/h5-7,10-11,14-17,23-24,28-33,46H,8-9,12-13,18-22,40H2,1-4H3,(H,41,48)(H,42,49)(H,43,47)(H,52,53)/t28-,29-,30-,31-,32-,33-/m0/s1. The van der Waals surface area contributed by atoms with Crippen molar-refractivity contribution < 1.29 is 39.0 Å². The van der Waals surface area contributed by atoms with Crippen LogP contribution in [-0.2, 0) is 41.6 Å². The number of hydrogen-bond donors (Lipinski definition) is 6. The number of carbonyl (C=O) groups is 6. The molecule has 4 rings (SSSR count). The molecule has 2 aliphatic rings. The van der Waals surface area contributed by atoms with Crippen molar-refractivity contribution in [3.63, 3.8) is 0 Å². The molecule has 0 unspecified atom stereocenters. The summed E-state index contributed by atoms with van der Waals surface area (Å²) < 4.78 is 0. The van der Waals surface area contributed by atoms with E-state index in [-0.39, 0.29) is 43.5 Å². The Labute approximate surface area is 310 Å². The highest BCUT2D eigenvalue weighted by atomic mass is 16.4. The van der Waals surface area contributed by atoms with E-state index in [0.29, 0.717) is 37.7 Å². The number of amides is 5. The monoisotopic (exact) mass is 734 g/mol. The molecule has 0 aliphatic carbocycles. The molecule has 53 heavy (non-hydrogen) atoms. The van der Waals surface area contributed by atoms with Crippen LogP contribution in [0.2, 0.25) is 0 Å². The molecule has 0 radical (unpaired) electrons. The number of rotatable bonds is 16. The zero-order chi connectivity index (χ0) is 38.8. The molecule has 7 N–H and O–H groups in total. The molecule has 2 heterocycles. The van der Waals surface area contributed by atoms with Crippen LogP contribution < -0.4 is 21.7 Å². The fourth-order valence-corrected chi connectivity index (χ4v) is 7.05. The molecule has 6 atom stereocenters. The van der Waals surface area contributed by atoms with Crippen molar-refractivity contribution in [2.24, 2.45) is 17.6 Å². The van der Waals surface area contributed by atoms with Crippen molar-refractivity contribution in [2.45, 2.75) is 109 Å². The summed E-state index contributed by atoms with van der Waals surface area (Å²) in [6.07, 6.45) is 2.22. The molecule has 2 aromatic carbocycles. The third-order valence-corrected chi connectivity index (χ3v) is 9.86. The third kappa shape index (κ3) is 11.0. The molecule has 2 aliphatic heterocycles. The van der Waals surface area contributed by atoms with Gasteiger partial charge in [0.25, 0.3) is 0 Å². The molecule has 14 heteroatoms. The molecule has 2 fully saturated rings. The summed E-state index contributed by atoms with van der Waals surface area (Å²) in [4.78, 5) is 83.6. The normalized spacial score (nSPS) is 19.4. The van der Waals surface area contributed by atoms with Crippen molar-refractivity contribution in [3.8, 4) is 5.75 Å². The zero-order valence-corrected chi connectivity index (χ0v) is 31.0. The quantitative estimate of drug-likeness (QED) is 0.148. The summed E-state index contributed by atoms with van der Waals surface area (Å²) in [6.45, 7) is 7.89.